The van der Waals surface area contributed by atoms with E-state index < -0.39 is 5.54 Å². The summed E-state index contributed by atoms with van der Waals surface area (Å²) in [6.45, 7) is 6.94. The van der Waals surface area contributed by atoms with Gasteiger partial charge in [0.15, 0.2) is 5.82 Å². The number of nitrogens with zero attached hydrogens (tertiary/aromatic N) is 6. The van der Waals surface area contributed by atoms with Gasteiger partial charge in [-0.2, -0.15) is 5.10 Å². The van der Waals surface area contributed by atoms with Gasteiger partial charge in [-0.25, -0.2) is 19.3 Å². The van der Waals surface area contributed by atoms with E-state index in [0.717, 1.165) is 16.8 Å². The number of amides is 1. The lowest BCUT2D eigenvalue weighted by Crippen LogP contribution is -2.33. The third-order valence-electron chi connectivity index (χ3n) is 7.92. The number of carbonyl (C=O) groups is 1. The number of nitrogens with two attached hydrogens (primary N) is 1. The van der Waals surface area contributed by atoms with Gasteiger partial charge in [-0.1, -0.05) is 0 Å². The molecule has 1 saturated heterocycles. The number of likely N-dealkylation sites (tertiary alicyclic amines) is 1. The van der Waals surface area contributed by atoms with Crippen molar-refractivity contribution < 1.29 is 13.9 Å². The first kappa shape index (κ1) is 25.3. The first-order valence-corrected chi connectivity index (χ1v) is 13.5. The van der Waals surface area contributed by atoms with E-state index in [1.807, 2.05) is 60.7 Å². The number of hydrogen-bond donors (Lipinski definition) is 2. The van der Waals surface area contributed by atoms with Gasteiger partial charge in [0.2, 0.25) is 5.88 Å². The van der Waals surface area contributed by atoms with Crippen molar-refractivity contribution in [1.82, 2.24) is 34.4 Å². The SMILES string of the molecule is Cc1cn2cc(C(=O)N3C[C@@H]4C(Oc5cc(C(C)(C)N)cc(-c6ccc(F)cc6)n5)[C@@H]4C3)cc(-c3nc[nH]n3)c2n1. The molecule has 4 aromatic heterocycles. The number of aryl methyl sites for hydroxylation is 1. The number of fused-ring (bicyclic) bond motifs is 2. The number of piperidine rings is 1. The van der Waals surface area contributed by atoms with Crippen LogP contribution in [0.25, 0.3) is 28.3 Å². The molecule has 5 heterocycles. The zero-order chi connectivity index (χ0) is 28.5. The van der Waals surface area contributed by atoms with Gasteiger partial charge in [0.25, 0.3) is 5.91 Å². The highest BCUT2D eigenvalue weighted by atomic mass is 19.1. The maximum Gasteiger partial charge on any atom is 0.255 e. The van der Waals surface area contributed by atoms with E-state index >= 15 is 0 Å². The number of hydrogen-bond acceptors (Lipinski definition) is 7. The molecule has 11 heteroatoms. The molecule has 1 amide bonds. The van der Waals surface area contributed by atoms with Crippen molar-refractivity contribution in [2.75, 3.05) is 13.1 Å². The van der Waals surface area contributed by atoms with Crippen LogP contribution in [0.3, 0.4) is 0 Å². The second-order valence-electron chi connectivity index (χ2n) is 11.5. The summed E-state index contributed by atoms with van der Waals surface area (Å²) in [6, 6.07) is 11.8. The van der Waals surface area contributed by atoms with Crippen LogP contribution in [0.2, 0.25) is 0 Å². The highest BCUT2D eigenvalue weighted by Gasteiger charge is 2.59. The molecule has 2 fully saturated rings. The van der Waals surface area contributed by atoms with Crippen LogP contribution in [0.4, 0.5) is 4.39 Å². The number of H-pyrrole nitrogens is 1. The Hall–Kier alpha value is -4.64. The minimum atomic E-state index is -0.613. The largest absolute Gasteiger partial charge is 0.474 e. The number of nitrogens with one attached hydrogen (secondary N) is 1. The Bertz CT molecular complexity index is 1760. The Morgan fingerprint density at radius 2 is 1.85 bits per heavy atom. The van der Waals surface area contributed by atoms with E-state index in [4.69, 9.17) is 15.5 Å². The number of ether oxygens (including phenoxy) is 1. The summed E-state index contributed by atoms with van der Waals surface area (Å²) in [5, 5.41) is 6.93. The van der Waals surface area contributed by atoms with Gasteiger partial charge >= 0.3 is 0 Å². The summed E-state index contributed by atoms with van der Waals surface area (Å²) in [4.78, 5) is 29.0. The molecular formula is C30H29FN8O2. The van der Waals surface area contributed by atoms with E-state index in [-0.39, 0.29) is 29.7 Å². The summed E-state index contributed by atoms with van der Waals surface area (Å²) in [6.07, 6.45) is 5.17. The summed E-state index contributed by atoms with van der Waals surface area (Å²) < 4.78 is 21.7. The lowest BCUT2D eigenvalue weighted by Gasteiger charge is -2.23. The average Bonchev–Trinajstić information content (AvgIpc) is 3.44. The van der Waals surface area contributed by atoms with Crippen molar-refractivity contribution in [1.29, 1.82) is 0 Å². The molecule has 0 spiro atoms. The second-order valence-corrected chi connectivity index (χ2v) is 11.5. The third-order valence-corrected chi connectivity index (χ3v) is 7.92. The van der Waals surface area contributed by atoms with Crippen LogP contribution in [-0.4, -0.2) is 59.6 Å². The van der Waals surface area contributed by atoms with Crippen LogP contribution >= 0.6 is 0 Å². The number of halogens is 1. The van der Waals surface area contributed by atoms with Crippen molar-refractivity contribution >= 4 is 11.6 Å². The maximum atomic E-state index is 13.6. The van der Waals surface area contributed by atoms with Crippen LogP contribution < -0.4 is 10.5 Å². The van der Waals surface area contributed by atoms with Gasteiger partial charge in [-0.3, -0.25) is 9.89 Å². The topological polar surface area (TPSA) is 127 Å². The van der Waals surface area contributed by atoms with Crippen LogP contribution in [0.5, 0.6) is 5.88 Å². The number of imidazole rings is 1. The molecule has 1 aromatic carbocycles. The molecule has 3 N–H and O–H groups in total. The van der Waals surface area contributed by atoms with E-state index in [0.29, 0.717) is 47.3 Å². The normalized spacial score (nSPS) is 19.9. The maximum absolute atomic E-state index is 13.6. The fourth-order valence-electron chi connectivity index (χ4n) is 5.68. The molecule has 1 unspecified atom stereocenters. The molecule has 2 aliphatic rings. The Labute approximate surface area is 235 Å². The third kappa shape index (κ3) is 4.61. The summed E-state index contributed by atoms with van der Waals surface area (Å²) >= 11 is 0. The van der Waals surface area contributed by atoms with Gasteiger partial charge in [-0.15, -0.1) is 0 Å². The second kappa shape index (κ2) is 9.20. The van der Waals surface area contributed by atoms with Crippen LogP contribution in [0.1, 0.15) is 35.5 Å². The smallest absolute Gasteiger partial charge is 0.255 e. The van der Waals surface area contributed by atoms with Crippen molar-refractivity contribution in [3.8, 4) is 28.5 Å². The number of benzene rings is 1. The van der Waals surface area contributed by atoms with E-state index in [1.54, 1.807) is 12.1 Å². The highest BCUT2D eigenvalue weighted by molar-refractivity contribution is 5.96. The van der Waals surface area contributed by atoms with Crippen LogP contribution in [0, 0.1) is 24.6 Å². The number of carbonyl (C=O) groups excluding carboxylic acids is 1. The van der Waals surface area contributed by atoms with Gasteiger partial charge in [0.05, 0.1) is 22.5 Å². The molecule has 7 rings (SSSR count). The molecule has 41 heavy (non-hydrogen) atoms. The van der Waals surface area contributed by atoms with Gasteiger partial charge < -0.3 is 19.8 Å². The predicted octanol–water partition coefficient (Wildman–Crippen LogP) is 3.97. The number of pyridine rings is 2. The monoisotopic (exact) mass is 552 g/mol. The number of aromatic amines is 1. The zero-order valence-electron chi connectivity index (χ0n) is 22.9. The molecule has 1 saturated carbocycles. The Morgan fingerprint density at radius 3 is 2.54 bits per heavy atom. The first-order chi connectivity index (χ1) is 19.6. The predicted molar refractivity (Wildman–Crippen MR) is 149 cm³/mol. The van der Waals surface area contributed by atoms with E-state index in [2.05, 4.69) is 20.2 Å². The van der Waals surface area contributed by atoms with Crippen LogP contribution in [-0.2, 0) is 5.54 Å². The standard InChI is InChI=1S/C30H29FN8O2/c1-16-11-38-12-18(8-21(28(38)35-16)27-33-15-34-37-27)29(40)39-13-22-23(14-39)26(22)41-25-10-19(30(2,3)32)9-24(36-25)17-4-6-20(31)7-5-17/h4-12,15,22-23,26H,13-14,32H2,1-3H3,(H,33,34,37)/t22-,23+,26?. The average molecular weight is 553 g/mol. The molecule has 10 nitrogen and oxygen atoms in total. The molecule has 1 aliphatic carbocycles. The van der Waals surface area contributed by atoms with Crippen molar-refractivity contribution in [3.05, 3.63) is 83.8 Å². The molecule has 0 radical (unpaired) electrons. The molecule has 5 aromatic rings. The van der Waals surface area contributed by atoms with Gasteiger partial charge in [0, 0.05) is 54.5 Å². The lowest BCUT2D eigenvalue weighted by molar-refractivity contribution is 0.0751. The summed E-state index contributed by atoms with van der Waals surface area (Å²) in [5.74, 6) is 1.05. The number of rotatable bonds is 6. The first-order valence-electron chi connectivity index (χ1n) is 13.5. The molecule has 1 aliphatic heterocycles. The summed E-state index contributed by atoms with van der Waals surface area (Å²) in [7, 11) is 0. The molecular weight excluding hydrogens is 523 g/mol. The van der Waals surface area contributed by atoms with Gasteiger partial charge in [0.1, 0.15) is 23.9 Å². The van der Waals surface area contributed by atoms with Crippen molar-refractivity contribution in [3.63, 3.8) is 0 Å². The molecule has 3 atom stereocenters. The van der Waals surface area contributed by atoms with E-state index in [1.165, 1.54) is 18.5 Å². The van der Waals surface area contributed by atoms with Crippen LogP contribution in [0.15, 0.2) is 61.2 Å². The minimum Gasteiger partial charge on any atom is -0.474 e. The highest BCUT2D eigenvalue weighted by Crippen LogP contribution is 2.48. The Morgan fingerprint density at radius 1 is 1.10 bits per heavy atom. The summed E-state index contributed by atoms with van der Waals surface area (Å²) in [5.41, 5.74) is 10.9. The lowest BCUT2D eigenvalue weighted by atomic mass is 9.95. The Balaban J connectivity index is 1.09. The minimum absolute atomic E-state index is 0.0358. The van der Waals surface area contributed by atoms with E-state index in [9.17, 15) is 9.18 Å². The van der Waals surface area contributed by atoms with Crippen molar-refractivity contribution in [2.45, 2.75) is 32.4 Å². The fraction of sp³-hybridized carbons (Fsp3) is 0.300. The quantitative estimate of drug-likeness (QED) is 0.326. The van der Waals surface area contributed by atoms with Crippen molar-refractivity contribution in [2.24, 2.45) is 17.6 Å². The zero-order valence-corrected chi connectivity index (χ0v) is 22.9. The molecule has 208 valence electrons. The van der Waals surface area contributed by atoms with Gasteiger partial charge in [-0.05, 0) is 62.7 Å². The number of aromatic nitrogens is 6. The Kier molecular flexibility index (Phi) is 5.69. The fourth-order valence-corrected chi connectivity index (χ4v) is 5.68. The molecule has 0 bridgehead atoms.